The molecule has 16 heavy (non-hydrogen) atoms. The van der Waals surface area contributed by atoms with Crippen molar-refractivity contribution < 1.29 is 0 Å². The molecule has 0 fully saturated rings. The van der Waals surface area contributed by atoms with E-state index < -0.39 is 0 Å². The van der Waals surface area contributed by atoms with Crippen LogP contribution in [0.15, 0.2) is 25.3 Å². The average Bonchev–Trinajstić information content (AvgIpc) is 2.17. The maximum absolute atomic E-state index is 5.74. The number of nitrogens with two attached hydrogens (primary N) is 1. The minimum absolute atomic E-state index is 0.338. The fourth-order valence-corrected chi connectivity index (χ4v) is 1.91. The van der Waals surface area contributed by atoms with Gasteiger partial charge in [-0.3, -0.25) is 4.90 Å². The molecule has 0 saturated carbocycles. The monoisotopic (exact) mass is 224 g/mol. The first-order valence-electron chi connectivity index (χ1n) is 6.29. The predicted molar refractivity (Wildman–Crippen MR) is 73.5 cm³/mol. The van der Waals surface area contributed by atoms with E-state index in [2.05, 4.69) is 31.9 Å². The van der Waals surface area contributed by atoms with Crippen LogP contribution in [0.4, 0.5) is 0 Å². The third-order valence-electron chi connectivity index (χ3n) is 2.70. The lowest BCUT2D eigenvalue weighted by molar-refractivity contribution is 0.273. The highest BCUT2D eigenvalue weighted by atomic mass is 15.1. The molecule has 0 radical (unpaired) electrons. The molecule has 0 aliphatic heterocycles. The van der Waals surface area contributed by atoms with Gasteiger partial charge >= 0.3 is 0 Å². The number of hydrogen-bond donors (Lipinski definition) is 1. The highest BCUT2D eigenvalue weighted by Gasteiger charge is 2.08. The summed E-state index contributed by atoms with van der Waals surface area (Å²) in [6.45, 7) is 15.0. The van der Waals surface area contributed by atoms with E-state index in [0.717, 1.165) is 32.0 Å². The molecule has 94 valence electrons. The van der Waals surface area contributed by atoms with Crippen LogP contribution < -0.4 is 5.73 Å². The predicted octanol–water partition coefficient (Wildman–Crippen LogP) is 2.81. The van der Waals surface area contributed by atoms with Gasteiger partial charge < -0.3 is 5.73 Å². The quantitative estimate of drug-likeness (QED) is 0.578. The van der Waals surface area contributed by atoms with E-state index in [1.807, 2.05) is 12.2 Å². The van der Waals surface area contributed by atoms with E-state index in [1.165, 1.54) is 12.8 Å². The summed E-state index contributed by atoms with van der Waals surface area (Å²) in [4.78, 5) is 2.37. The van der Waals surface area contributed by atoms with Crippen molar-refractivity contribution in [2.45, 2.75) is 39.2 Å². The van der Waals surface area contributed by atoms with E-state index in [1.54, 1.807) is 0 Å². The Labute approximate surface area is 101 Å². The van der Waals surface area contributed by atoms with E-state index in [9.17, 15) is 0 Å². The van der Waals surface area contributed by atoms with Crippen molar-refractivity contribution in [2.75, 3.05) is 19.6 Å². The first-order valence-corrected chi connectivity index (χ1v) is 6.29. The van der Waals surface area contributed by atoms with Gasteiger partial charge in [-0.15, -0.1) is 13.2 Å². The number of nitrogens with zero attached hydrogens (tertiary/aromatic N) is 1. The van der Waals surface area contributed by atoms with E-state index in [0.29, 0.717) is 6.04 Å². The third-order valence-corrected chi connectivity index (χ3v) is 2.70. The fraction of sp³-hybridized carbons (Fsp3) is 0.714. The third kappa shape index (κ3) is 8.69. The van der Waals surface area contributed by atoms with Gasteiger partial charge in [0.2, 0.25) is 0 Å². The van der Waals surface area contributed by atoms with Crippen molar-refractivity contribution in [1.82, 2.24) is 4.90 Å². The molecule has 0 bridgehead atoms. The van der Waals surface area contributed by atoms with Gasteiger partial charge in [-0.1, -0.05) is 25.5 Å². The topological polar surface area (TPSA) is 29.3 Å². The van der Waals surface area contributed by atoms with Crippen molar-refractivity contribution in [3.8, 4) is 0 Å². The minimum atomic E-state index is 0.338. The molecular weight excluding hydrogens is 196 g/mol. The Balaban J connectivity index is 3.75. The van der Waals surface area contributed by atoms with Crippen molar-refractivity contribution in [3.63, 3.8) is 0 Å². The molecule has 2 N–H and O–H groups in total. The summed E-state index contributed by atoms with van der Waals surface area (Å²) in [5, 5.41) is 0. The van der Waals surface area contributed by atoms with Gasteiger partial charge in [-0.2, -0.15) is 0 Å². The Morgan fingerprint density at radius 1 is 1.12 bits per heavy atom. The standard InChI is InChI=1S/C14H28N2/c1-5-10-16(11-6-2)12-13(3)8-7-9-14(4)15/h5-6,13-14H,1-2,7-12,15H2,3-4H3. The molecule has 0 aromatic rings. The second kappa shape index (κ2) is 9.61. The lowest BCUT2D eigenvalue weighted by Gasteiger charge is -2.23. The van der Waals surface area contributed by atoms with Crippen LogP contribution in [0.2, 0.25) is 0 Å². The summed E-state index contributed by atoms with van der Waals surface area (Å²) in [5.41, 5.74) is 5.74. The van der Waals surface area contributed by atoms with Gasteiger partial charge in [0.15, 0.2) is 0 Å². The first kappa shape index (κ1) is 15.4. The zero-order valence-electron chi connectivity index (χ0n) is 11.0. The second-order valence-electron chi connectivity index (χ2n) is 4.81. The lowest BCUT2D eigenvalue weighted by atomic mass is 10.0. The molecule has 0 heterocycles. The largest absolute Gasteiger partial charge is 0.328 e. The summed E-state index contributed by atoms with van der Waals surface area (Å²) < 4.78 is 0. The molecule has 0 saturated heterocycles. The molecule has 0 rings (SSSR count). The molecule has 0 aromatic carbocycles. The summed E-state index contributed by atoms with van der Waals surface area (Å²) >= 11 is 0. The van der Waals surface area contributed by atoms with Crippen molar-refractivity contribution in [2.24, 2.45) is 11.7 Å². The van der Waals surface area contributed by atoms with Crippen LogP contribution in [-0.2, 0) is 0 Å². The molecule has 2 heteroatoms. The van der Waals surface area contributed by atoms with Crippen LogP contribution in [0.1, 0.15) is 33.1 Å². The number of rotatable bonds is 10. The SMILES string of the molecule is C=CCN(CC=C)CC(C)CCCC(C)N. The molecule has 0 spiro atoms. The van der Waals surface area contributed by atoms with E-state index >= 15 is 0 Å². The van der Waals surface area contributed by atoms with Gasteiger partial charge in [-0.05, 0) is 25.7 Å². The van der Waals surface area contributed by atoms with E-state index in [-0.39, 0.29) is 0 Å². The van der Waals surface area contributed by atoms with Gasteiger partial charge in [0.05, 0.1) is 0 Å². The van der Waals surface area contributed by atoms with Gasteiger partial charge in [-0.25, -0.2) is 0 Å². The van der Waals surface area contributed by atoms with Crippen LogP contribution in [0.3, 0.4) is 0 Å². The van der Waals surface area contributed by atoms with Crippen molar-refractivity contribution in [3.05, 3.63) is 25.3 Å². The Morgan fingerprint density at radius 3 is 2.12 bits per heavy atom. The van der Waals surface area contributed by atoms with Crippen LogP contribution in [0, 0.1) is 5.92 Å². The molecule has 2 atom stereocenters. The molecule has 2 unspecified atom stereocenters. The summed E-state index contributed by atoms with van der Waals surface area (Å²) in [6, 6.07) is 0.338. The van der Waals surface area contributed by atoms with E-state index in [4.69, 9.17) is 5.73 Å². The van der Waals surface area contributed by atoms with Crippen molar-refractivity contribution >= 4 is 0 Å². The molecule has 2 nitrogen and oxygen atoms in total. The van der Waals surface area contributed by atoms with Crippen LogP contribution in [-0.4, -0.2) is 30.6 Å². The Morgan fingerprint density at radius 2 is 1.69 bits per heavy atom. The van der Waals surface area contributed by atoms with Gasteiger partial charge in [0, 0.05) is 25.7 Å². The first-order chi connectivity index (χ1) is 7.60. The smallest absolute Gasteiger partial charge is 0.0164 e. The lowest BCUT2D eigenvalue weighted by Crippen LogP contribution is -2.29. The summed E-state index contributed by atoms with van der Waals surface area (Å²) in [5.74, 6) is 0.721. The molecule has 0 aromatic heterocycles. The van der Waals surface area contributed by atoms with Crippen LogP contribution in [0.5, 0.6) is 0 Å². The molecule has 0 aliphatic carbocycles. The zero-order chi connectivity index (χ0) is 12.4. The summed E-state index contributed by atoms with van der Waals surface area (Å²) in [6.07, 6.45) is 7.53. The van der Waals surface area contributed by atoms with Gasteiger partial charge in [0.1, 0.15) is 0 Å². The maximum atomic E-state index is 5.74. The van der Waals surface area contributed by atoms with Crippen molar-refractivity contribution in [1.29, 1.82) is 0 Å². The number of hydrogen-bond acceptors (Lipinski definition) is 2. The Kier molecular flexibility index (Phi) is 9.25. The molecular formula is C14H28N2. The molecule has 0 amide bonds. The average molecular weight is 224 g/mol. The van der Waals surface area contributed by atoms with Crippen LogP contribution >= 0.6 is 0 Å². The molecule has 0 aliphatic rings. The normalized spacial score (nSPS) is 14.8. The highest BCUT2D eigenvalue weighted by molar-refractivity contribution is 4.80. The van der Waals surface area contributed by atoms with Gasteiger partial charge in [0.25, 0.3) is 0 Å². The highest BCUT2D eigenvalue weighted by Crippen LogP contribution is 2.10. The fourth-order valence-electron chi connectivity index (χ4n) is 1.91. The maximum Gasteiger partial charge on any atom is 0.0164 e. The van der Waals surface area contributed by atoms with Crippen LogP contribution in [0.25, 0.3) is 0 Å². The Hall–Kier alpha value is -0.600. The Bertz CT molecular complexity index is 177. The zero-order valence-corrected chi connectivity index (χ0v) is 11.0. The second-order valence-corrected chi connectivity index (χ2v) is 4.81. The minimum Gasteiger partial charge on any atom is -0.328 e. The summed E-state index contributed by atoms with van der Waals surface area (Å²) in [7, 11) is 0.